The topological polar surface area (TPSA) is 36.2 Å². The summed E-state index contributed by atoms with van der Waals surface area (Å²) in [6.07, 6.45) is 2.01. The number of ether oxygens (including phenoxy) is 1. The van der Waals surface area contributed by atoms with Crippen molar-refractivity contribution in [3.8, 4) is 5.75 Å². The molecule has 0 fully saturated rings. The van der Waals surface area contributed by atoms with Gasteiger partial charge in [-0.25, -0.2) is 0 Å². The second-order valence-electron chi connectivity index (χ2n) is 7.19. The molecule has 0 unspecified atom stereocenters. The van der Waals surface area contributed by atoms with Gasteiger partial charge in [-0.3, -0.25) is 4.79 Å². The maximum Gasteiger partial charge on any atom is 0.211 e. The zero-order valence-corrected chi connectivity index (χ0v) is 17.7. The van der Waals surface area contributed by atoms with Crippen molar-refractivity contribution in [1.29, 1.82) is 0 Å². The molecule has 0 aliphatic carbocycles. The summed E-state index contributed by atoms with van der Waals surface area (Å²) in [7, 11) is 1.67. The van der Waals surface area contributed by atoms with Crippen LogP contribution in [0, 0.1) is 6.92 Å². The van der Waals surface area contributed by atoms with Gasteiger partial charge in [0.05, 0.1) is 18.4 Å². The normalized spacial score (nSPS) is 11.6. The third-order valence-electron chi connectivity index (χ3n) is 5.39. The summed E-state index contributed by atoms with van der Waals surface area (Å²) >= 11 is 1.70. The van der Waals surface area contributed by atoms with E-state index in [1.165, 1.54) is 4.83 Å². The van der Waals surface area contributed by atoms with Gasteiger partial charge in [0, 0.05) is 35.1 Å². The van der Waals surface area contributed by atoms with E-state index < -0.39 is 0 Å². The van der Waals surface area contributed by atoms with Crippen LogP contribution < -0.4 is 4.74 Å². The molecule has 0 N–H and O–H groups in total. The van der Waals surface area contributed by atoms with E-state index in [0.29, 0.717) is 0 Å². The van der Waals surface area contributed by atoms with Gasteiger partial charge in [0.25, 0.3) is 0 Å². The molecule has 0 radical (unpaired) electrons. The van der Waals surface area contributed by atoms with Crippen molar-refractivity contribution in [3.05, 3.63) is 52.7 Å². The molecule has 0 saturated heterocycles. The molecule has 0 saturated carbocycles. The lowest BCUT2D eigenvalue weighted by Gasteiger charge is -2.09. The van der Waals surface area contributed by atoms with Crippen molar-refractivity contribution in [2.45, 2.75) is 46.7 Å². The predicted molar refractivity (Wildman–Crippen MR) is 117 cm³/mol. The SMILES string of the molecule is CCCn1c(C)c(C(=O)c2cc3ccsc3n2CCC)c2cc(OC)ccc21. The number of benzene rings is 1. The van der Waals surface area contributed by atoms with Crippen LogP contribution in [-0.2, 0) is 13.1 Å². The number of nitrogens with zero attached hydrogens (tertiary/aromatic N) is 2. The van der Waals surface area contributed by atoms with Gasteiger partial charge in [-0.15, -0.1) is 11.3 Å². The molecule has 1 aromatic carbocycles. The molecule has 28 heavy (non-hydrogen) atoms. The van der Waals surface area contributed by atoms with Crippen molar-refractivity contribution in [2.75, 3.05) is 7.11 Å². The number of ketones is 1. The zero-order valence-electron chi connectivity index (χ0n) is 16.9. The summed E-state index contributed by atoms with van der Waals surface area (Å²) in [6, 6.07) is 10.2. The van der Waals surface area contributed by atoms with E-state index in [1.54, 1.807) is 18.4 Å². The Labute approximate surface area is 169 Å². The molecule has 4 rings (SSSR count). The van der Waals surface area contributed by atoms with E-state index in [1.807, 2.05) is 18.2 Å². The number of fused-ring (bicyclic) bond motifs is 2. The van der Waals surface area contributed by atoms with Crippen molar-refractivity contribution < 1.29 is 9.53 Å². The molecule has 0 aliphatic rings. The number of carbonyl (C=O) groups excluding carboxylic acids is 1. The molecule has 0 atom stereocenters. The van der Waals surface area contributed by atoms with Crippen molar-refractivity contribution in [2.24, 2.45) is 0 Å². The maximum absolute atomic E-state index is 13.8. The smallest absolute Gasteiger partial charge is 0.211 e. The Morgan fingerprint density at radius 2 is 1.82 bits per heavy atom. The molecule has 5 heteroatoms. The van der Waals surface area contributed by atoms with Crippen LogP contribution in [0.2, 0.25) is 0 Å². The Morgan fingerprint density at radius 3 is 2.54 bits per heavy atom. The molecule has 4 aromatic rings. The number of rotatable bonds is 7. The first-order valence-electron chi connectivity index (χ1n) is 9.88. The molecular weight excluding hydrogens is 368 g/mol. The fourth-order valence-corrected chi connectivity index (χ4v) is 5.05. The molecule has 3 heterocycles. The highest BCUT2D eigenvalue weighted by atomic mass is 32.1. The third-order valence-corrected chi connectivity index (χ3v) is 6.34. The number of aryl methyl sites for hydroxylation is 2. The Bertz CT molecular complexity index is 1160. The highest BCUT2D eigenvalue weighted by molar-refractivity contribution is 7.16. The Kier molecular flexibility index (Phi) is 5.02. The summed E-state index contributed by atoms with van der Waals surface area (Å²) in [5, 5.41) is 4.21. The molecule has 0 spiro atoms. The minimum atomic E-state index is 0.0995. The molecule has 3 aromatic heterocycles. The summed E-state index contributed by atoms with van der Waals surface area (Å²) in [5.74, 6) is 0.877. The van der Waals surface area contributed by atoms with E-state index in [-0.39, 0.29) is 5.78 Å². The summed E-state index contributed by atoms with van der Waals surface area (Å²) in [4.78, 5) is 15.0. The van der Waals surface area contributed by atoms with Crippen LogP contribution in [0.5, 0.6) is 5.75 Å². The zero-order chi connectivity index (χ0) is 19.8. The van der Waals surface area contributed by atoms with Gasteiger partial charge in [-0.05, 0) is 55.5 Å². The van der Waals surface area contributed by atoms with Crippen LogP contribution in [0.25, 0.3) is 21.1 Å². The Hall–Kier alpha value is -2.53. The number of methoxy groups -OCH3 is 1. The standard InChI is InChI=1S/C23H26N2O2S/c1-5-10-24-15(3)21(18-14-17(27-4)7-8-19(18)24)22(26)20-13-16-9-12-28-23(16)25(20)11-6-2/h7-9,12-14H,5-6,10-11H2,1-4H3. The minimum Gasteiger partial charge on any atom is -0.497 e. The molecule has 4 nitrogen and oxygen atoms in total. The highest BCUT2D eigenvalue weighted by Crippen LogP contribution is 2.33. The molecular formula is C23H26N2O2S. The number of aromatic nitrogens is 2. The number of hydrogen-bond donors (Lipinski definition) is 0. The summed E-state index contributed by atoms with van der Waals surface area (Å²) < 4.78 is 9.89. The quantitative estimate of drug-likeness (QED) is 0.359. The number of hydrogen-bond acceptors (Lipinski definition) is 3. The fraction of sp³-hybridized carbons (Fsp3) is 0.348. The number of thiophene rings is 1. The van der Waals surface area contributed by atoms with E-state index in [0.717, 1.165) is 64.9 Å². The molecule has 0 amide bonds. The van der Waals surface area contributed by atoms with Crippen molar-refractivity contribution >= 4 is 38.2 Å². The van der Waals surface area contributed by atoms with E-state index in [9.17, 15) is 4.79 Å². The van der Waals surface area contributed by atoms with E-state index in [4.69, 9.17) is 4.74 Å². The first-order valence-corrected chi connectivity index (χ1v) is 10.8. The van der Waals surface area contributed by atoms with Gasteiger partial charge >= 0.3 is 0 Å². The van der Waals surface area contributed by atoms with Gasteiger partial charge in [0.2, 0.25) is 5.78 Å². The van der Waals surface area contributed by atoms with Crippen LogP contribution in [0.1, 0.15) is 48.4 Å². The van der Waals surface area contributed by atoms with Gasteiger partial charge in [0.1, 0.15) is 10.6 Å². The molecule has 0 bridgehead atoms. The first-order chi connectivity index (χ1) is 13.6. The molecule has 146 valence electrons. The van der Waals surface area contributed by atoms with Crippen LogP contribution in [0.4, 0.5) is 0 Å². The second kappa shape index (κ2) is 7.47. The summed E-state index contributed by atoms with van der Waals surface area (Å²) in [5.41, 5.74) is 3.71. The average Bonchev–Trinajstić information content (AvgIpc) is 3.35. The van der Waals surface area contributed by atoms with Gasteiger partial charge in [-0.1, -0.05) is 13.8 Å². The monoisotopic (exact) mass is 394 g/mol. The number of carbonyl (C=O) groups is 1. The minimum absolute atomic E-state index is 0.0995. The average molecular weight is 395 g/mol. The maximum atomic E-state index is 13.8. The van der Waals surface area contributed by atoms with Gasteiger partial charge < -0.3 is 13.9 Å². The Morgan fingerprint density at radius 1 is 1.07 bits per heavy atom. The van der Waals surface area contributed by atoms with Crippen molar-refractivity contribution in [1.82, 2.24) is 9.13 Å². The van der Waals surface area contributed by atoms with Crippen molar-refractivity contribution in [3.63, 3.8) is 0 Å². The van der Waals surface area contributed by atoms with Crippen LogP contribution in [0.15, 0.2) is 35.7 Å². The lowest BCUT2D eigenvalue weighted by Crippen LogP contribution is -2.11. The highest BCUT2D eigenvalue weighted by Gasteiger charge is 2.25. The molecule has 0 aliphatic heterocycles. The third kappa shape index (κ3) is 2.85. The Balaban J connectivity index is 1.95. The second-order valence-corrected chi connectivity index (χ2v) is 8.08. The summed E-state index contributed by atoms with van der Waals surface area (Å²) in [6.45, 7) is 8.12. The van der Waals surface area contributed by atoms with E-state index >= 15 is 0 Å². The fourth-order valence-electron chi connectivity index (χ4n) is 4.12. The predicted octanol–water partition coefficient (Wildman–Crippen LogP) is 6.03. The lowest BCUT2D eigenvalue weighted by atomic mass is 10.0. The van der Waals surface area contributed by atoms with Crippen LogP contribution >= 0.6 is 11.3 Å². The first kappa shape index (κ1) is 18.8. The van der Waals surface area contributed by atoms with Crippen LogP contribution in [0.3, 0.4) is 0 Å². The van der Waals surface area contributed by atoms with Crippen LogP contribution in [-0.4, -0.2) is 22.0 Å². The lowest BCUT2D eigenvalue weighted by molar-refractivity contribution is 0.103. The van der Waals surface area contributed by atoms with Gasteiger partial charge in [0.15, 0.2) is 0 Å². The van der Waals surface area contributed by atoms with Gasteiger partial charge in [-0.2, -0.15) is 0 Å². The largest absolute Gasteiger partial charge is 0.497 e. The van der Waals surface area contributed by atoms with E-state index in [2.05, 4.69) is 47.4 Å².